The molecule has 0 aromatic rings. The zero-order valence-corrected chi connectivity index (χ0v) is 10.6. The van der Waals surface area contributed by atoms with Crippen LogP contribution in [-0.2, 0) is 4.79 Å². The van der Waals surface area contributed by atoms with Crippen molar-refractivity contribution in [1.82, 2.24) is 10.2 Å². The van der Waals surface area contributed by atoms with Crippen LogP contribution < -0.4 is 5.32 Å². The van der Waals surface area contributed by atoms with E-state index in [9.17, 15) is 4.79 Å². The molecule has 94 valence electrons. The molecule has 0 aromatic carbocycles. The minimum Gasteiger partial charge on any atom is -0.481 e. The van der Waals surface area contributed by atoms with E-state index >= 15 is 0 Å². The molecule has 0 aromatic heterocycles. The van der Waals surface area contributed by atoms with Crippen LogP contribution >= 0.6 is 0 Å². The standard InChI is InChI=1S/C12H24N2O2/c1-4-14-6-5-10(8-14)7-13-9-12(2,3)11(15)16/h10,13H,4-9H2,1-3H3,(H,15,16). The second-order valence-electron chi connectivity index (χ2n) is 5.37. The van der Waals surface area contributed by atoms with E-state index in [2.05, 4.69) is 17.1 Å². The van der Waals surface area contributed by atoms with Gasteiger partial charge in [-0.2, -0.15) is 0 Å². The van der Waals surface area contributed by atoms with Gasteiger partial charge in [0.15, 0.2) is 0 Å². The molecule has 0 saturated carbocycles. The molecule has 4 nitrogen and oxygen atoms in total. The molecule has 16 heavy (non-hydrogen) atoms. The largest absolute Gasteiger partial charge is 0.481 e. The van der Waals surface area contributed by atoms with E-state index < -0.39 is 11.4 Å². The number of rotatable bonds is 6. The molecule has 0 bridgehead atoms. The molecule has 1 atom stereocenters. The summed E-state index contributed by atoms with van der Waals surface area (Å²) in [6.07, 6.45) is 1.23. The first-order chi connectivity index (χ1) is 7.45. The van der Waals surface area contributed by atoms with E-state index in [0.29, 0.717) is 12.5 Å². The number of likely N-dealkylation sites (tertiary alicyclic amines) is 1. The average molecular weight is 228 g/mol. The summed E-state index contributed by atoms with van der Waals surface area (Å²) in [5.41, 5.74) is -0.664. The summed E-state index contributed by atoms with van der Waals surface area (Å²) in [6, 6.07) is 0. The summed E-state index contributed by atoms with van der Waals surface area (Å²) in [7, 11) is 0. The highest BCUT2D eigenvalue weighted by molar-refractivity contribution is 5.73. The van der Waals surface area contributed by atoms with Gasteiger partial charge in [0.1, 0.15) is 0 Å². The molecular formula is C12H24N2O2. The van der Waals surface area contributed by atoms with Gasteiger partial charge in [-0.3, -0.25) is 4.79 Å². The third kappa shape index (κ3) is 3.76. The van der Waals surface area contributed by atoms with E-state index in [-0.39, 0.29) is 0 Å². The Morgan fingerprint density at radius 1 is 1.56 bits per heavy atom. The molecule has 4 heteroatoms. The van der Waals surface area contributed by atoms with Crippen LogP contribution in [0, 0.1) is 11.3 Å². The SMILES string of the molecule is CCN1CCC(CNCC(C)(C)C(=O)O)C1. The maximum atomic E-state index is 10.9. The minimum atomic E-state index is -0.735. The van der Waals surface area contributed by atoms with E-state index in [1.807, 2.05) is 0 Å². The number of aliphatic carboxylic acids is 1. The lowest BCUT2D eigenvalue weighted by Crippen LogP contribution is -2.38. The lowest BCUT2D eigenvalue weighted by Gasteiger charge is -2.21. The first-order valence-corrected chi connectivity index (χ1v) is 6.12. The van der Waals surface area contributed by atoms with Crippen LogP contribution in [0.5, 0.6) is 0 Å². The fourth-order valence-electron chi connectivity index (χ4n) is 2.03. The summed E-state index contributed by atoms with van der Waals surface area (Å²) in [6.45, 7) is 10.6. The summed E-state index contributed by atoms with van der Waals surface area (Å²) < 4.78 is 0. The smallest absolute Gasteiger partial charge is 0.310 e. The van der Waals surface area contributed by atoms with E-state index in [1.54, 1.807) is 13.8 Å². The molecule has 0 spiro atoms. The van der Waals surface area contributed by atoms with Gasteiger partial charge in [-0.1, -0.05) is 6.92 Å². The Morgan fingerprint density at radius 2 is 2.25 bits per heavy atom. The van der Waals surface area contributed by atoms with Crippen LogP contribution in [0.25, 0.3) is 0 Å². The average Bonchev–Trinajstić information content (AvgIpc) is 2.65. The third-order valence-electron chi connectivity index (χ3n) is 3.40. The second kappa shape index (κ2) is 5.64. The van der Waals surface area contributed by atoms with Gasteiger partial charge in [-0.15, -0.1) is 0 Å². The van der Waals surface area contributed by atoms with Crippen molar-refractivity contribution >= 4 is 5.97 Å². The number of hydrogen-bond acceptors (Lipinski definition) is 3. The van der Waals surface area contributed by atoms with Gasteiger partial charge in [0.05, 0.1) is 5.41 Å². The van der Waals surface area contributed by atoms with Crippen LogP contribution in [0.15, 0.2) is 0 Å². The quantitative estimate of drug-likeness (QED) is 0.713. The van der Waals surface area contributed by atoms with E-state index in [0.717, 1.165) is 19.6 Å². The summed E-state index contributed by atoms with van der Waals surface area (Å²) in [5, 5.41) is 12.3. The maximum absolute atomic E-state index is 10.9. The van der Waals surface area contributed by atoms with Gasteiger partial charge in [0.2, 0.25) is 0 Å². The lowest BCUT2D eigenvalue weighted by molar-refractivity contribution is -0.146. The molecular weight excluding hydrogens is 204 g/mol. The lowest BCUT2D eigenvalue weighted by atomic mass is 9.93. The Morgan fingerprint density at radius 3 is 2.75 bits per heavy atom. The zero-order valence-electron chi connectivity index (χ0n) is 10.6. The fourth-order valence-corrected chi connectivity index (χ4v) is 2.03. The van der Waals surface area contributed by atoms with Gasteiger partial charge in [-0.25, -0.2) is 0 Å². The molecule has 1 saturated heterocycles. The molecule has 1 fully saturated rings. The van der Waals surface area contributed by atoms with Crippen LogP contribution in [0.1, 0.15) is 27.2 Å². The number of hydrogen-bond donors (Lipinski definition) is 2. The predicted octanol–water partition coefficient (Wildman–Crippen LogP) is 1.03. The van der Waals surface area contributed by atoms with Gasteiger partial charge in [0, 0.05) is 13.1 Å². The predicted molar refractivity (Wildman–Crippen MR) is 64.5 cm³/mol. The fraction of sp³-hybridized carbons (Fsp3) is 0.917. The van der Waals surface area contributed by atoms with E-state index in [1.165, 1.54) is 13.0 Å². The summed E-state index contributed by atoms with van der Waals surface area (Å²) in [4.78, 5) is 13.3. The van der Waals surface area contributed by atoms with Crippen molar-refractivity contribution in [3.8, 4) is 0 Å². The highest BCUT2D eigenvalue weighted by atomic mass is 16.4. The van der Waals surface area contributed by atoms with E-state index in [4.69, 9.17) is 5.11 Å². The Kier molecular flexibility index (Phi) is 4.74. The van der Waals surface area contributed by atoms with Crippen LogP contribution in [0.4, 0.5) is 0 Å². The second-order valence-corrected chi connectivity index (χ2v) is 5.37. The molecule has 0 amide bonds. The summed E-state index contributed by atoms with van der Waals surface area (Å²) in [5.74, 6) is -0.0499. The summed E-state index contributed by atoms with van der Waals surface area (Å²) >= 11 is 0. The topological polar surface area (TPSA) is 52.6 Å². The van der Waals surface area contributed by atoms with Gasteiger partial charge >= 0.3 is 5.97 Å². The Bertz CT molecular complexity index is 241. The van der Waals surface area contributed by atoms with Crippen molar-refractivity contribution in [3.63, 3.8) is 0 Å². The minimum absolute atomic E-state index is 0.547. The van der Waals surface area contributed by atoms with Crippen LogP contribution in [0.3, 0.4) is 0 Å². The third-order valence-corrected chi connectivity index (χ3v) is 3.40. The molecule has 1 unspecified atom stereocenters. The highest BCUT2D eigenvalue weighted by Gasteiger charge is 2.27. The van der Waals surface area contributed by atoms with Crippen molar-refractivity contribution < 1.29 is 9.90 Å². The van der Waals surface area contributed by atoms with Crippen molar-refractivity contribution in [2.45, 2.75) is 27.2 Å². The monoisotopic (exact) mass is 228 g/mol. The highest BCUT2D eigenvalue weighted by Crippen LogP contribution is 2.16. The van der Waals surface area contributed by atoms with Gasteiger partial charge in [0.25, 0.3) is 0 Å². The number of carboxylic acid groups (broad SMARTS) is 1. The molecule has 0 radical (unpaired) electrons. The Labute approximate surface area is 98.0 Å². The van der Waals surface area contributed by atoms with Gasteiger partial charge in [-0.05, 0) is 45.8 Å². The van der Waals surface area contributed by atoms with Crippen LogP contribution in [-0.4, -0.2) is 48.7 Å². The zero-order chi connectivity index (χ0) is 12.2. The van der Waals surface area contributed by atoms with Crippen molar-refractivity contribution in [3.05, 3.63) is 0 Å². The molecule has 0 aliphatic carbocycles. The number of nitrogens with zero attached hydrogens (tertiary/aromatic N) is 1. The number of carbonyl (C=O) groups is 1. The normalized spacial score (nSPS) is 22.6. The Balaban J connectivity index is 2.19. The molecule has 1 heterocycles. The first-order valence-electron chi connectivity index (χ1n) is 6.12. The van der Waals surface area contributed by atoms with Crippen molar-refractivity contribution in [2.75, 3.05) is 32.7 Å². The van der Waals surface area contributed by atoms with Crippen LogP contribution in [0.2, 0.25) is 0 Å². The Hall–Kier alpha value is -0.610. The maximum Gasteiger partial charge on any atom is 0.310 e. The molecule has 1 aliphatic heterocycles. The molecule has 1 aliphatic rings. The number of carboxylic acids is 1. The molecule has 1 rings (SSSR count). The molecule has 2 N–H and O–H groups in total. The number of nitrogens with one attached hydrogen (secondary N) is 1. The van der Waals surface area contributed by atoms with Crippen molar-refractivity contribution in [1.29, 1.82) is 0 Å². The van der Waals surface area contributed by atoms with Gasteiger partial charge < -0.3 is 15.3 Å². The van der Waals surface area contributed by atoms with Crippen molar-refractivity contribution in [2.24, 2.45) is 11.3 Å². The first kappa shape index (κ1) is 13.5.